The van der Waals surface area contributed by atoms with Gasteiger partial charge in [0.05, 0.1) is 0 Å². The van der Waals surface area contributed by atoms with Crippen LogP contribution in [0.3, 0.4) is 0 Å². The summed E-state index contributed by atoms with van der Waals surface area (Å²) in [6.45, 7) is 1.99. The Balaban J connectivity index is 1.41. The summed E-state index contributed by atoms with van der Waals surface area (Å²) >= 11 is 0. The highest BCUT2D eigenvalue weighted by molar-refractivity contribution is 5.97. The number of hydrogen-bond acceptors (Lipinski definition) is 3. The number of piperidine rings is 1. The number of Topliss-reactive ketones (excluding diaryl/α,β-unsaturated/α-hetero) is 1. The molecule has 0 radical (unpaired) electrons. The van der Waals surface area contributed by atoms with Crippen molar-refractivity contribution in [2.75, 3.05) is 13.1 Å². The van der Waals surface area contributed by atoms with E-state index in [4.69, 9.17) is 0 Å². The molecule has 2 aromatic rings. The molecule has 2 bridgehead atoms. The zero-order valence-corrected chi connectivity index (χ0v) is 14.6. The van der Waals surface area contributed by atoms with Crippen molar-refractivity contribution in [3.8, 4) is 0 Å². The fourth-order valence-electron chi connectivity index (χ4n) is 4.25. The van der Waals surface area contributed by atoms with Crippen molar-refractivity contribution in [3.05, 3.63) is 70.1 Å². The molecule has 0 aliphatic carbocycles. The maximum absolute atomic E-state index is 12.6. The maximum atomic E-state index is 12.6. The molecule has 1 aromatic carbocycles. The van der Waals surface area contributed by atoms with E-state index in [0.717, 1.165) is 12.1 Å². The third-order valence-electron chi connectivity index (χ3n) is 5.49. The third-order valence-corrected chi connectivity index (χ3v) is 5.49. The van der Waals surface area contributed by atoms with Crippen LogP contribution in [-0.4, -0.2) is 34.2 Å². The smallest absolute Gasteiger partial charge is 0.250 e. The SMILES string of the molecule is O=C(CCC(=O)N1CC2CC(C1)c1cccc(=O)n1C2)c1ccccc1. The molecule has 0 spiro atoms. The first-order valence-electron chi connectivity index (χ1n) is 9.17. The van der Waals surface area contributed by atoms with E-state index in [2.05, 4.69) is 0 Å². The Labute approximate surface area is 152 Å². The number of benzene rings is 1. The lowest BCUT2D eigenvalue weighted by molar-refractivity contribution is -0.133. The minimum Gasteiger partial charge on any atom is -0.342 e. The second-order valence-electron chi connectivity index (χ2n) is 7.29. The lowest BCUT2D eigenvalue weighted by atomic mass is 9.83. The average molecular weight is 350 g/mol. The van der Waals surface area contributed by atoms with Crippen molar-refractivity contribution in [3.63, 3.8) is 0 Å². The normalized spacial score (nSPS) is 21.2. The molecule has 1 saturated heterocycles. The van der Waals surface area contributed by atoms with Crippen LogP contribution in [0.25, 0.3) is 0 Å². The fraction of sp³-hybridized carbons (Fsp3) is 0.381. The van der Waals surface area contributed by atoms with Gasteiger partial charge in [-0.05, 0) is 18.4 Å². The monoisotopic (exact) mass is 350 g/mol. The van der Waals surface area contributed by atoms with Crippen LogP contribution in [-0.2, 0) is 11.3 Å². The largest absolute Gasteiger partial charge is 0.342 e. The highest BCUT2D eigenvalue weighted by Gasteiger charge is 2.36. The number of ketones is 1. The van der Waals surface area contributed by atoms with E-state index in [9.17, 15) is 14.4 Å². The molecular formula is C21H22N2O3. The quantitative estimate of drug-likeness (QED) is 0.796. The van der Waals surface area contributed by atoms with Crippen LogP contribution in [0.4, 0.5) is 0 Å². The zero-order chi connectivity index (χ0) is 18.1. The Morgan fingerprint density at radius 2 is 1.73 bits per heavy atom. The first kappa shape index (κ1) is 16.8. The number of likely N-dealkylation sites (tertiary alicyclic amines) is 1. The molecule has 5 heteroatoms. The Bertz CT molecular complexity index is 888. The van der Waals surface area contributed by atoms with Gasteiger partial charge in [0, 0.05) is 55.7 Å². The highest BCUT2D eigenvalue weighted by Crippen LogP contribution is 2.35. The molecule has 0 N–H and O–H groups in total. The van der Waals surface area contributed by atoms with Gasteiger partial charge in [-0.3, -0.25) is 14.4 Å². The average Bonchev–Trinajstić information content (AvgIpc) is 2.67. The Hall–Kier alpha value is -2.69. The van der Waals surface area contributed by atoms with Gasteiger partial charge in [-0.2, -0.15) is 0 Å². The van der Waals surface area contributed by atoms with Gasteiger partial charge >= 0.3 is 0 Å². The van der Waals surface area contributed by atoms with Gasteiger partial charge in [-0.25, -0.2) is 0 Å². The number of amides is 1. The van der Waals surface area contributed by atoms with Crippen molar-refractivity contribution < 1.29 is 9.59 Å². The van der Waals surface area contributed by atoms with Gasteiger partial charge in [0.15, 0.2) is 5.78 Å². The predicted octanol–water partition coefficient (Wildman–Crippen LogP) is 2.46. The van der Waals surface area contributed by atoms with Gasteiger partial charge in [-0.15, -0.1) is 0 Å². The van der Waals surface area contributed by atoms with E-state index in [1.807, 2.05) is 33.7 Å². The summed E-state index contributed by atoms with van der Waals surface area (Å²) in [5.41, 5.74) is 1.74. The fourth-order valence-corrected chi connectivity index (χ4v) is 4.25. The Morgan fingerprint density at radius 3 is 2.54 bits per heavy atom. The zero-order valence-electron chi connectivity index (χ0n) is 14.6. The Morgan fingerprint density at radius 1 is 0.923 bits per heavy atom. The molecule has 5 nitrogen and oxygen atoms in total. The van der Waals surface area contributed by atoms with Gasteiger partial charge < -0.3 is 9.47 Å². The summed E-state index contributed by atoms with van der Waals surface area (Å²) in [7, 11) is 0. The lowest BCUT2D eigenvalue weighted by Gasteiger charge is -2.42. The predicted molar refractivity (Wildman–Crippen MR) is 98.1 cm³/mol. The molecular weight excluding hydrogens is 328 g/mol. The van der Waals surface area contributed by atoms with Crippen molar-refractivity contribution >= 4 is 11.7 Å². The maximum Gasteiger partial charge on any atom is 0.250 e. The molecule has 2 aliphatic rings. The molecule has 1 fully saturated rings. The van der Waals surface area contributed by atoms with Crippen molar-refractivity contribution in [2.24, 2.45) is 5.92 Å². The summed E-state index contributed by atoms with van der Waals surface area (Å²) < 4.78 is 1.86. The van der Waals surface area contributed by atoms with Crippen LogP contribution in [0.5, 0.6) is 0 Å². The van der Waals surface area contributed by atoms with Crippen LogP contribution in [0.1, 0.15) is 41.2 Å². The van der Waals surface area contributed by atoms with E-state index in [1.54, 1.807) is 24.3 Å². The van der Waals surface area contributed by atoms with Crippen molar-refractivity contribution in [1.29, 1.82) is 0 Å². The number of pyridine rings is 1. The molecule has 4 rings (SSSR count). The van der Waals surface area contributed by atoms with Crippen molar-refractivity contribution in [1.82, 2.24) is 9.47 Å². The van der Waals surface area contributed by atoms with Crippen molar-refractivity contribution in [2.45, 2.75) is 31.7 Å². The van der Waals surface area contributed by atoms with E-state index >= 15 is 0 Å². The minimum atomic E-state index is 0.00746. The molecule has 2 unspecified atom stereocenters. The highest BCUT2D eigenvalue weighted by atomic mass is 16.2. The molecule has 3 heterocycles. The van der Waals surface area contributed by atoms with Gasteiger partial charge in [0.2, 0.25) is 5.91 Å². The van der Waals surface area contributed by atoms with E-state index in [1.165, 1.54) is 0 Å². The topological polar surface area (TPSA) is 59.4 Å². The van der Waals surface area contributed by atoms with E-state index in [-0.39, 0.29) is 36.0 Å². The summed E-state index contributed by atoms with van der Waals surface area (Å²) in [4.78, 5) is 38.8. The standard InChI is InChI=1S/C21H22N2O3/c24-19(16-5-2-1-3-6-16)9-10-20(25)22-12-15-11-17(14-22)18-7-4-8-21(26)23(18)13-15/h1-8,15,17H,9-14H2. The lowest BCUT2D eigenvalue weighted by Crippen LogP contribution is -2.49. The number of carbonyl (C=O) groups is 2. The van der Waals surface area contributed by atoms with Crippen LogP contribution in [0.15, 0.2) is 53.3 Å². The number of carbonyl (C=O) groups excluding carboxylic acids is 2. The summed E-state index contributed by atoms with van der Waals surface area (Å²) in [5.74, 6) is 0.573. The molecule has 0 saturated carbocycles. The van der Waals surface area contributed by atoms with E-state index < -0.39 is 0 Å². The molecule has 26 heavy (non-hydrogen) atoms. The number of hydrogen-bond donors (Lipinski definition) is 0. The number of nitrogens with zero attached hydrogens (tertiary/aromatic N) is 2. The number of rotatable bonds is 4. The number of fused-ring (bicyclic) bond motifs is 4. The van der Waals surface area contributed by atoms with Gasteiger partial charge in [0.1, 0.15) is 0 Å². The third kappa shape index (κ3) is 3.21. The first-order valence-corrected chi connectivity index (χ1v) is 9.17. The molecule has 134 valence electrons. The summed E-state index contributed by atoms with van der Waals surface area (Å²) in [5, 5.41) is 0. The van der Waals surface area contributed by atoms with Crippen LogP contribution >= 0.6 is 0 Å². The van der Waals surface area contributed by atoms with Crippen LogP contribution in [0.2, 0.25) is 0 Å². The van der Waals surface area contributed by atoms with E-state index in [0.29, 0.717) is 31.1 Å². The molecule has 2 atom stereocenters. The minimum absolute atomic E-state index is 0.00746. The van der Waals surface area contributed by atoms with Crippen LogP contribution in [0, 0.1) is 5.92 Å². The van der Waals surface area contributed by atoms with Gasteiger partial charge in [0.25, 0.3) is 5.56 Å². The Kier molecular flexibility index (Phi) is 4.45. The number of aromatic nitrogens is 1. The summed E-state index contributed by atoms with van der Waals surface area (Å²) in [6.07, 6.45) is 1.51. The molecule has 1 aromatic heterocycles. The van der Waals surface area contributed by atoms with Gasteiger partial charge in [-0.1, -0.05) is 36.4 Å². The first-order chi connectivity index (χ1) is 12.6. The summed E-state index contributed by atoms with van der Waals surface area (Å²) in [6, 6.07) is 14.5. The molecule has 1 amide bonds. The molecule has 2 aliphatic heterocycles. The second-order valence-corrected chi connectivity index (χ2v) is 7.29. The van der Waals surface area contributed by atoms with Crippen LogP contribution < -0.4 is 5.56 Å². The second kappa shape index (κ2) is 6.90.